The summed E-state index contributed by atoms with van der Waals surface area (Å²) >= 11 is 3.36. The molecule has 116 valence electrons. The molecule has 0 heterocycles. The van der Waals surface area contributed by atoms with Crippen molar-refractivity contribution in [3.8, 4) is 0 Å². The van der Waals surface area contributed by atoms with E-state index in [9.17, 15) is 4.79 Å². The van der Waals surface area contributed by atoms with Gasteiger partial charge in [-0.25, -0.2) is 0 Å². The minimum Gasteiger partial charge on any atom is -0.398 e. The van der Waals surface area contributed by atoms with Crippen LogP contribution in [-0.4, -0.2) is 5.91 Å². The van der Waals surface area contributed by atoms with Crippen LogP contribution in [0.15, 0.2) is 22.7 Å². The normalized spacial score (nSPS) is 22.9. The van der Waals surface area contributed by atoms with Gasteiger partial charge < -0.3 is 11.1 Å². The number of carbonyl (C=O) groups is 1. The van der Waals surface area contributed by atoms with Crippen LogP contribution in [0.1, 0.15) is 46.5 Å². The van der Waals surface area contributed by atoms with Crippen molar-refractivity contribution in [1.82, 2.24) is 0 Å². The van der Waals surface area contributed by atoms with Crippen LogP contribution >= 0.6 is 15.9 Å². The minimum atomic E-state index is 0.129. The molecule has 21 heavy (non-hydrogen) atoms. The number of nitrogens with one attached hydrogen (secondary N) is 1. The number of nitrogen functional groups attached to an aromatic ring is 1. The van der Waals surface area contributed by atoms with Crippen molar-refractivity contribution in [2.24, 2.45) is 17.3 Å². The molecule has 1 aromatic rings. The Morgan fingerprint density at radius 3 is 2.38 bits per heavy atom. The Morgan fingerprint density at radius 1 is 1.24 bits per heavy atom. The number of rotatable bonds is 2. The average Bonchev–Trinajstić information content (AvgIpc) is 2.42. The van der Waals surface area contributed by atoms with Crippen molar-refractivity contribution in [2.45, 2.75) is 46.5 Å². The lowest BCUT2D eigenvalue weighted by atomic mass is 9.69. The highest BCUT2D eigenvalue weighted by atomic mass is 79.9. The molecule has 1 saturated carbocycles. The first-order valence-electron chi connectivity index (χ1n) is 7.63. The van der Waals surface area contributed by atoms with Gasteiger partial charge in [0.1, 0.15) is 0 Å². The third-order valence-corrected chi connectivity index (χ3v) is 5.31. The molecule has 4 heteroatoms. The fourth-order valence-electron chi connectivity index (χ4n) is 3.09. The van der Waals surface area contributed by atoms with Gasteiger partial charge in [0, 0.05) is 21.8 Å². The predicted molar refractivity (Wildman–Crippen MR) is 92.1 cm³/mol. The second kappa shape index (κ2) is 6.39. The first kappa shape index (κ1) is 16.3. The molecule has 0 saturated heterocycles. The van der Waals surface area contributed by atoms with Gasteiger partial charge in [-0.2, -0.15) is 0 Å². The summed E-state index contributed by atoms with van der Waals surface area (Å²) in [6, 6.07) is 5.53. The van der Waals surface area contributed by atoms with E-state index < -0.39 is 0 Å². The lowest BCUT2D eigenvalue weighted by molar-refractivity contribution is -0.121. The van der Waals surface area contributed by atoms with Crippen LogP contribution < -0.4 is 11.1 Å². The second-order valence-corrected chi connectivity index (χ2v) is 7.99. The predicted octanol–water partition coefficient (Wildman–Crippen LogP) is 4.82. The maximum absolute atomic E-state index is 12.4. The summed E-state index contributed by atoms with van der Waals surface area (Å²) in [5.41, 5.74) is 7.61. The molecule has 1 aliphatic carbocycles. The lowest BCUT2D eigenvalue weighted by Crippen LogP contribution is -2.31. The van der Waals surface area contributed by atoms with Gasteiger partial charge in [0.15, 0.2) is 0 Å². The molecule has 1 aliphatic rings. The van der Waals surface area contributed by atoms with Crippen LogP contribution in [-0.2, 0) is 4.79 Å². The van der Waals surface area contributed by atoms with Gasteiger partial charge in [0.25, 0.3) is 0 Å². The number of halogens is 1. The molecule has 1 aromatic carbocycles. The Balaban J connectivity index is 1.92. The van der Waals surface area contributed by atoms with Gasteiger partial charge in [0.2, 0.25) is 5.91 Å². The zero-order valence-electron chi connectivity index (χ0n) is 13.1. The van der Waals surface area contributed by atoms with Crippen molar-refractivity contribution in [1.29, 1.82) is 0 Å². The van der Waals surface area contributed by atoms with Crippen LogP contribution in [0.4, 0.5) is 11.4 Å². The molecule has 1 fully saturated rings. The summed E-state index contributed by atoms with van der Waals surface area (Å²) in [6.45, 7) is 6.88. The van der Waals surface area contributed by atoms with Crippen LogP contribution in [0.2, 0.25) is 0 Å². The van der Waals surface area contributed by atoms with Gasteiger partial charge in [-0.3, -0.25) is 4.79 Å². The third-order valence-electron chi connectivity index (χ3n) is 4.59. The zero-order chi connectivity index (χ0) is 15.6. The van der Waals surface area contributed by atoms with Crippen molar-refractivity contribution in [3.63, 3.8) is 0 Å². The minimum absolute atomic E-state index is 0.129. The smallest absolute Gasteiger partial charge is 0.227 e. The maximum Gasteiger partial charge on any atom is 0.227 e. The Kier molecular flexibility index (Phi) is 4.97. The monoisotopic (exact) mass is 352 g/mol. The van der Waals surface area contributed by atoms with Crippen LogP contribution in [0.25, 0.3) is 0 Å². The second-order valence-electron chi connectivity index (χ2n) is 7.14. The SMILES string of the molecule is CC(C)(C)C1CCC(C(=O)Nc2ccc(Br)c(N)c2)CC1. The summed E-state index contributed by atoms with van der Waals surface area (Å²) in [5.74, 6) is 0.988. The highest BCUT2D eigenvalue weighted by Gasteiger charge is 2.32. The molecule has 3 nitrogen and oxygen atoms in total. The van der Waals surface area contributed by atoms with E-state index in [1.165, 1.54) is 0 Å². The van der Waals surface area contributed by atoms with Crippen molar-refractivity contribution < 1.29 is 4.79 Å². The topological polar surface area (TPSA) is 55.1 Å². The molecule has 0 atom stereocenters. The number of benzene rings is 1. The molecule has 0 unspecified atom stereocenters. The first-order valence-corrected chi connectivity index (χ1v) is 8.42. The summed E-state index contributed by atoms with van der Waals surface area (Å²) in [7, 11) is 0. The summed E-state index contributed by atoms with van der Waals surface area (Å²) < 4.78 is 0.853. The van der Waals surface area contributed by atoms with Gasteiger partial charge in [-0.1, -0.05) is 20.8 Å². The van der Waals surface area contributed by atoms with Gasteiger partial charge in [-0.05, 0) is 71.1 Å². The number of carbonyl (C=O) groups excluding carboxylic acids is 1. The van der Waals surface area contributed by atoms with E-state index in [-0.39, 0.29) is 11.8 Å². The zero-order valence-corrected chi connectivity index (χ0v) is 14.7. The van der Waals surface area contributed by atoms with E-state index in [0.717, 1.165) is 41.8 Å². The van der Waals surface area contributed by atoms with Gasteiger partial charge >= 0.3 is 0 Å². The highest BCUT2D eigenvalue weighted by molar-refractivity contribution is 9.10. The van der Waals surface area contributed by atoms with Gasteiger partial charge in [-0.15, -0.1) is 0 Å². The lowest BCUT2D eigenvalue weighted by Gasteiger charge is -2.36. The van der Waals surface area contributed by atoms with E-state index in [2.05, 4.69) is 42.0 Å². The molecule has 2 rings (SSSR count). The van der Waals surface area contributed by atoms with E-state index in [1.807, 2.05) is 12.1 Å². The van der Waals surface area contributed by atoms with Crippen LogP contribution in [0.5, 0.6) is 0 Å². The summed E-state index contributed by atoms with van der Waals surface area (Å²) in [5, 5.41) is 2.99. The molecule has 0 spiro atoms. The highest BCUT2D eigenvalue weighted by Crippen LogP contribution is 2.40. The van der Waals surface area contributed by atoms with E-state index in [1.54, 1.807) is 6.07 Å². The fourth-order valence-corrected chi connectivity index (χ4v) is 3.33. The first-order chi connectivity index (χ1) is 9.77. The number of amides is 1. The molecule has 0 aliphatic heterocycles. The standard InChI is InChI=1S/C17H25BrN2O/c1-17(2,3)12-6-4-11(5-7-12)16(21)20-13-8-9-14(18)15(19)10-13/h8-12H,4-7,19H2,1-3H3,(H,20,21). The Bertz CT molecular complexity index is 514. The van der Waals surface area contributed by atoms with Crippen molar-refractivity contribution in [3.05, 3.63) is 22.7 Å². The number of hydrogen-bond donors (Lipinski definition) is 2. The number of anilines is 2. The molecule has 0 bridgehead atoms. The van der Waals surface area contributed by atoms with Crippen LogP contribution in [0.3, 0.4) is 0 Å². The Labute approximate surface area is 135 Å². The summed E-state index contributed by atoms with van der Waals surface area (Å²) in [4.78, 5) is 12.4. The van der Waals surface area contributed by atoms with E-state index >= 15 is 0 Å². The van der Waals surface area contributed by atoms with Crippen molar-refractivity contribution in [2.75, 3.05) is 11.1 Å². The molecule has 0 aromatic heterocycles. The Morgan fingerprint density at radius 2 is 1.86 bits per heavy atom. The molecule has 0 radical (unpaired) electrons. The largest absolute Gasteiger partial charge is 0.398 e. The summed E-state index contributed by atoms with van der Waals surface area (Å²) in [6.07, 6.45) is 4.26. The van der Waals surface area contributed by atoms with E-state index in [4.69, 9.17) is 5.73 Å². The quantitative estimate of drug-likeness (QED) is 0.749. The average molecular weight is 353 g/mol. The molecular formula is C17H25BrN2O. The van der Waals surface area contributed by atoms with E-state index in [0.29, 0.717) is 11.1 Å². The van der Waals surface area contributed by atoms with Gasteiger partial charge in [0.05, 0.1) is 0 Å². The number of hydrogen-bond acceptors (Lipinski definition) is 2. The molecule has 1 amide bonds. The Hall–Kier alpha value is -1.03. The molecular weight excluding hydrogens is 328 g/mol. The molecule has 3 N–H and O–H groups in total. The maximum atomic E-state index is 12.4. The third kappa shape index (κ3) is 4.22. The number of nitrogens with two attached hydrogens (primary N) is 1. The van der Waals surface area contributed by atoms with Crippen molar-refractivity contribution >= 4 is 33.2 Å². The van der Waals surface area contributed by atoms with Crippen LogP contribution in [0, 0.1) is 17.3 Å². The fraction of sp³-hybridized carbons (Fsp3) is 0.588.